The van der Waals surface area contributed by atoms with Crippen molar-refractivity contribution in [3.05, 3.63) is 34.4 Å². The van der Waals surface area contributed by atoms with Crippen molar-refractivity contribution in [3.63, 3.8) is 0 Å². The van der Waals surface area contributed by atoms with E-state index in [1.165, 1.54) is 22.3 Å². The minimum atomic E-state index is 0. The molecule has 1 aromatic carbocycles. The smallest absolute Gasteiger partial charge is 0.0476 e. The summed E-state index contributed by atoms with van der Waals surface area (Å²) < 4.78 is 0. The van der Waals surface area contributed by atoms with Crippen molar-refractivity contribution < 1.29 is 0 Å². The van der Waals surface area contributed by atoms with Crippen molar-refractivity contribution >= 4 is 11.6 Å². The van der Waals surface area contributed by atoms with Crippen molar-refractivity contribution in [2.75, 3.05) is 0 Å². The van der Waals surface area contributed by atoms with E-state index in [0.29, 0.717) is 5.88 Å². The highest BCUT2D eigenvalue weighted by molar-refractivity contribution is 6.17. The molecule has 15 heavy (non-hydrogen) atoms. The van der Waals surface area contributed by atoms with Crippen molar-refractivity contribution in [1.29, 1.82) is 0 Å². The van der Waals surface area contributed by atoms with Gasteiger partial charge in [-0.25, -0.2) is 0 Å². The van der Waals surface area contributed by atoms with Crippen LogP contribution < -0.4 is 6.15 Å². The molecule has 0 saturated carbocycles. The van der Waals surface area contributed by atoms with Crippen molar-refractivity contribution in [2.45, 2.75) is 45.9 Å². The maximum atomic E-state index is 5.94. The second-order valence-corrected chi connectivity index (χ2v) is 3.80. The number of alkyl halides is 1. The molecule has 0 spiro atoms. The van der Waals surface area contributed by atoms with E-state index in [4.69, 9.17) is 11.6 Å². The number of hydrogen-bond donors (Lipinski definition) is 1. The van der Waals surface area contributed by atoms with Crippen molar-refractivity contribution in [1.82, 2.24) is 6.15 Å². The second-order valence-electron chi connectivity index (χ2n) is 3.54. The first-order valence-corrected chi connectivity index (χ1v) is 6.00. The summed E-state index contributed by atoms with van der Waals surface area (Å²) in [6.07, 6.45) is 3.34. The molecule has 0 aliphatic heterocycles. The van der Waals surface area contributed by atoms with Gasteiger partial charge >= 0.3 is 0 Å². The predicted molar refractivity (Wildman–Crippen MR) is 69.2 cm³/mol. The van der Waals surface area contributed by atoms with Crippen molar-refractivity contribution in [3.8, 4) is 0 Å². The van der Waals surface area contributed by atoms with E-state index < -0.39 is 0 Å². The zero-order valence-electron chi connectivity index (χ0n) is 10.1. The van der Waals surface area contributed by atoms with Gasteiger partial charge in [0.25, 0.3) is 0 Å². The van der Waals surface area contributed by atoms with E-state index >= 15 is 0 Å². The standard InChI is InChI=1S/C13H19Cl.H3N/c1-4-10-7-8-11(9-14)13(6-3)12(10)5-2;/h7-8H,4-6,9H2,1-3H3;1H3. The third-order valence-corrected chi connectivity index (χ3v) is 3.15. The van der Waals surface area contributed by atoms with Crippen LogP contribution in [-0.2, 0) is 25.1 Å². The Hall–Kier alpha value is -0.530. The van der Waals surface area contributed by atoms with Gasteiger partial charge in [-0.3, -0.25) is 0 Å². The lowest BCUT2D eigenvalue weighted by molar-refractivity contribution is 0.964. The Balaban J connectivity index is 0.00000196. The molecule has 0 aliphatic carbocycles. The van der Waals surface area contributed by atoms with Crippen LogP contribution in [0.2, 0.25) is 0 Å². The Labute approximate surface area is 98.4 Å². The summed E-state index contributed by atoms with van der Waals surface area (Å²) in [7, 11) is 0. The van der Waals surface area contributed by atoms with E-state index in [1.54, 1.807) is 0 Å². The highest BCUT2D eigenvalue weighted by Crippen LogP contribution is 2.22. The number of aryl methyl sites for hydroxylation is 1. The van der Waals surface area contributed by atoms with E-state index in [-0.39, 0.29) is 6.15 Å². The molecular formula is C13H22ClN. The fraction of sp³-hybridized carbons (Fsp3) is 0.538. The van der Waals surface area contributed by atoms with Crippen LogP contribution >= 0.6 is 11.6 Å². The van der Waals surface area contributed by atoms with Crippen LogP contribution in [0.25, 0.3) is 0 Å². The highest BCUT2D eigenvalue weighted by atomic mass is 35.5. The van der Waals surface area contributed by atoms with Gasteiger partial charge in [-0.2, -0.15) is 0 Å². The van der Waals surface area contributed by atoms with Gasteiger partial charge in [0, 0.05) is 5.88 Å². The molecule has 0 fully saturated rings. The third kappa shape index (κ3) is 2.96. The number of hydrogen-bond acceptors (Lipinski definition) is 1. The van der Waals surface area contributed by atoms with Crippen LogP contribution in [0.15, 0.2) is 12.1 Å². The fourth-order valence-electron chi connectivity index (χ4n) is 2.13. The molecule has 1 aromatic rings. The Morgan fingerprint density at radius 1 is 0.867 bits per heavy atom. The minimum Gasteiger partial charge on any atom is -0.344 e. The molecule has 0 aliphatic rings. The summed E-state index contributed by atoms with van der Waals surface area (Å²) in [5, 5.41) is 0. The zero-order chi connectivity index (χ0) is 10.6. The Kier molecular flexibility index (Phi) is 6.62. The van der Waals surface area contributed by atoms with Gasteiger partial charge in [0.05, 0.1) is 0 Å². The van der Waals surface area contributed by atoms with Gasteiger partial charge in [0.15, 0.2) is 0 Å². The largest absolute Gasteiger partial charge is 0.344 e. The van der Waals surface area contributed by atoms with Crippen LogP contribution in [-0.4, -0.2) is 0 Å². The molecular weight excluding hydrogens is 206 g/mol. The first kappa shape index (κ1) is 14.5. The molecule has 0 atom stereocenters. The Morgan fingerprint density at radius 3 is 1.73 bits per heavy atom. The molecule has 0 bridgehead atoms. The normalized spacial score (nSPS) is 9.87. The average Bonchev–Trinajstić information content (AvgIpc) is 2.26. The predicted octanol–water partition coefficient (Wildman–Crippen LogP) is 4.27. The summed E-state index contributed by atoms with van der Waals surface area (Å²) in [4.78, 5) is 0. The van der Waals surface area contributed by atoms with Gasteiger partial charge in [-0.1, -0.05) is 32.9 Å². The van der Waals surface area contributed by atoms with Gasteiger partial charge in [-0.05, 0) is 41.5 Å². The Bertz CT molecular complexity index is 277. The molecule has 0 aromatic heterocycles. The van der Waals surface area contributed by atoms with Crippen molar-refractivity contribution in [2.24, 2.45) is 0 Å². The lowest BCUT2D eigenvalue weighted by atomic mass is 9.92. The van der Waals surface area contributed by atoms with E-state index in [0.717, 1.165) is 19.3 Å². The molecule has 0 radical (unpaired) electrons. The van der Waals surface area contributed by atoms with Crippen LogP contribution in [0.3, 0.4) is 0 Å². The Morgan fingerprint density at radius 2 is 1.33 bits per heavy atom. The average molecular weight is 228 g/mol. The van der Waals surface area contributed by atoms with E-state index in [2.05, 4.69) is 32.9 Å². The summed E-state index contributed by atoms with van der Waals surface area (Å²) in [5.74, 6) is 0.639. The van der Waals surface area contributed by atoms with E-state index in [9.17, 15) is 0 Å². The molecule has 3 N–H and O–H groups in total. The quantitative estimate of drug-likeness (QED) is 0.766. The van der Waals surface area contributed by atoms with Crippen LogP contribution in [0.5, 0.6) is 0 Å². The summed E-state index contributed by atoms with van der Waals surface area (Å²) in [6.45, 7) is 6.66. The maximum Gasteiger partial charge on any atom is 0.0476 e. The zero-order valence-corrected chi connectivity index (χ0v) is 10.8. The SMILES string of the molecule is CCc1ccc(CCl)c(CC)c1CC.N. The maximum absolute atomic E-state index is 5.94. The van der Waals surface area contributed by atoms with Crippen LogP contribution in [0.4, 0.5) is 0 Å². The molecule has 86 valence electrons. The summed E-state index contributed by atoms with van der Waals surface area (Å²) in [6, 6.07) is 4.42. The fourth-order valence-corrected chi connectivity index (χ4v) is 2.38. The molecule has 1 rings (SSSR count). The minimum absolute atomic E-state index is 0. The first-order chi connectivity index (χ1) is 6.78. The molecule has 0 saturated heterocycles. The van der Waals surface area contributed by atoms with Gasteiger partial charge < -0.3 is 6.15 Å². The molecule has 0 heterocycles. The third-order valence-electron chi connectivity index (χ3n) is 2.86. The molecule has 1 nitrogen and oxygen atoms in total. The van der Waals surface area contributed by atoms with Gasteiger partial charge in [0.1, 0.15) is 0 Å². The van der Waals surface area contributed by atoms with Crippen LogP contribution in [0.1, 0.15) is 43.0 Å². The second kappa shape index (κ2) is 6.86. The summed E-state index contributed by atoms with van der Waals surface area (Å²) >= 11 is 5.94. The molecule has 0 unspecified atom stereocenters. The lowest BCUT2D eigenvalue weighted by Gasteiger charge is -2.14. The van der Waals surface area contributed by atoms with Crippen LogP contribution in [0, 0.1) is 0 Å². The monoisotopic (exact) mass is 227 g/mol. The number of halogens is 1. The summed E-state index contributed by atoms with van der Waals surface area (Å²) in [5.41, 5.74) is 5.79. The topological polar surface area (TPSA) is 35.0 Å². The molecule has 0 amide bonds. The van der Waals surface area contributed by atoms with Gasteiger partial charge in [0.2, 0.25) is 0 Å². The van der Waals surface area contributed by atoms with Gasteiger partial charge in [-0.15, -0.1) is 11.6 Å². The molecule has 2 heteroatoms. The number of benzene rings is 1. The number of rotatable bonds is 4. The highest BCUT2D eigenvalue weighted by Gasteiger charge is 2.08. The lowest BCUT2D eigenvalue weighted by Crippen LogP contribution is -2.01. The first-order valence-electron chi connectivity index (χ1n) is 5.46. The van der Waals surface area contributed by atoms with E-state index in [1.807, 2.05) is 0 Å².